The number of ether oxygens (including phenoxy) is 1. The van der Waals surface area contributed by atoms with Crippen LogP contribution in [0.5, 0.6) is 5.75 Å². The Bertz CT molecular complexity index is 948. The maximum absolute atomic E-state index is 5.58. The number of hydrogen-bond acceptors (Lipinski definition) is 6. The monoisotopic (exact) mass is 338 g/mol. The van der Waals surface area contributed by atoms with E-state index >= 15 is 0 Å². The van der Waals surface area contributed by atoms with Crippen LogP contribution in [0.15, 0.2) is 18.3 Å². The summed E-state index contributed by atoms with van der Waals surface area (Å²) in [5.74, 6) is 1.35. The van der Waals surface area contributed by atoms with Gasteiger partial charge in [0.1, 0.15) is 5.75 Å². The molecule has 7 nitrogen and oxygen atoms in total. The first-order valence-electron chi connectivity index (χ1n) is 8.37. The second-order valence-electron chi connectivity index (χ2n) is 6.57. The van der Waals surface area contributed by atoms with Gasteiger partial charge in [0, 0.05) is 26.3 Å². The molecule has 1 aromatic carbocycles. The van der Waals surface area contributed by atoms with Gasteiger partial charge in [-0.15, -0.1) is 0 Å². The summed E-state index contributed by atoms with van der Waals surface area (Å²) in [5.41, 5.74) is 5.29. The number of hydrogen-bond donors (Lipinski definition) is 1. The van der Waals surface area contributed by atoms with E-state index in [0.29, 0.717) is 5.95 Å². The first kappa shape index (κ1) is 15.8. The molecule has 7 heteroatoms. The highest BCUT2D eigenvalue weighted by Gasteiger charge is 2.17. The predicted molar refractivity (Wildman–Crippen MR) is 97.4 cm³/mol. The fourth-order valence-corrected chi connectivity index (χ4v) is 3.38. The topological polar surface area (TPSA) is 68.1 Å². The normalized spacial score (nSPS) is 14.6. The van der Waals surface area contributed by atoms with E-state index in [-0.39, 0.29) is 0 Å². The van der Waals surface area contributed by atoms with Gasteiger partial charge in [-0.25, -0.2) is 4.98 Å². The fraction of sp³-hybridized carbons (Fsp3) is 0.389. The average molecular weight is 338 g/mol. The van der Waals surface area contributed by atoms with Crippen molar-refractivity contribution in [1.29, 1.82) is 0 Å². The molecule has 0 aliphatic carbocycles. The molecule has 1 aliphatic rings. The smallest absolute Gasteiger partial charge is 0.229 e. The third kappa shape index (κ3) is 2.80. The van der Waals surface area contributed by atoms with Gasteiger partial charge in [-0.3, -0.25) is 4.68 Å². The van der Waals surface area contributed by atoms with E-state index in [4.69, 9.17) is 4.74 Å². The number of aryl methyl sites for hydroxylation is 2. The van der Waals surface area contributed by atoms with E-state index in [0.717, 1.165) is 47.7 Å². The summed E-state index contributed by atoms with van der Waals surface area (Å²) < 4.78 is 7.35. The largest absolute Gasteiger partial charge is 0.495 e. The second kappa shape index (κ2) is 6.00. The number of benzene rings is 1. The number of anilines is 2. The highest BCUT2D eigenvalue weighted by atomic mass is 16.5. The summed E-state index contributed by atoms with van der Waals surface area (Å²) in [4.78, 5) is 11.4. The van der Waals surface area contributed by atoms with Crippen molar-refractivity contribution in [1.82, 2.24) is 24.6 Å². The minimum atomic E-state index is 0.540. The fourth-order valence-electron chi connectivity index (χ4n) is 3.38. The molecule has 4 rings (SSSR count). The maximum atomic E-state index is 5.58. The highest BCUT2D eigenvalue weighted by molar-refractivity contribution is 5.79. The molecule has 25 heavy (non-hydrogen) atoms. The molecule has 0 radical (unpaired) electrons. The molecule has 2 aromatic heterocycles. The molecule has 0 amide bonds. The Morgan fingerprint density at radius 3 is 2.84 bits per heavy atom. The minimum absolute atomic E-state index is 0.540. The number of nitrogens with zero attached hydrogens (tertiary/aromatic N) is 5. The molecule has 0 atom stereocenters. The van der Waals surface area contributed by atoms with Gasteiger partial charge in [0.05, 0.1) is 23.9 Å². The zero-order valence-corrected chi connectivity index (χ0v) is 15.0. The van der Waals surface area contributed by atoms with Crippen LogP contribution in [0.3, 0.4) is 0 Å². The second-order valence-corrected chi connectivity index (χ2v) is 6.57. The molecule has 0 spiro atoms. The summed E-state index contributed by atoms with van der Waals surface area (Å²) in [7, 11) is 5.72. The molecule has 1 aliphatic heterocycles. The van der Waals surface area contributed by atoms with Crippen LogP contribution in [0.25, 0.3) is 11.0 Å². The Hall–Kier alpha value is -2.67. The Morgan fingerprint density at radius 2 is 2.04 bits per heavy atom. The summed E-state index contributed by atoms with van der Waals surface area (Å²) in [5, 5.41) is 8.67. The van der Waals surface area contributed by atoms with Crippen LogP contribution >= 0.6 is 0 Å². The van der Waals surface area contributed by atoms with Gasteiger partial charge in [0.25, 0.3) is 0 Å². The van der Waals surface area contributed by atoms with E-state index in [9.17, 15) is 0 Å². The van der Waals surface area contributed by atoms with E-state index in [1.165, 1.54) is 11.1 Å². The first-order valence-corrected chi connectivity index (χ1v) is 8.37. The van der Waals surface area contributed by atoms with Crippen LogP contribution in [-0.2, 0) is 20.0 Å². The van der Waals surface area contributed by atoms with E-state index < -0.39 is 0 Å². The van der Waals surface area contributed by atoms with E-state index in [1.807, 2.05) is 20.2 Å². The van der Waals surface area contributed by atoms with Crippen molar-refractivity contribution in [3.8, 4) is 5.75 Å². The van der Waals surface area contributed by atoms with Gasteiger partial charge in [-0.05, 0) is 43.7 Å². The Morgan fingerprint density at radius 1 is 1.20 bits per heavy atom. The van der Waals surface area contributed by atoms with E-state index in [2.05, 4.69) is 44.5 Å². The van der Waals surface area contributed by atoms with E-state index in [1.54, 1.807) is 11.8 Å². The standard InChI is InChI=1S/C18H22N6O/c1-11-14-9-19-18(21-17(14)24(3)22-11)20-15-7-13-10-23(2)6-5-12(13)8-16(15)25-4/h7-9H,5-6,10H2,1-4H3,(H,19,20,21). The van der Waals surface area contributed by atoms with Crippen molar-refractivity contribution in [2.75, 3.05) is 26.0 Å². The van der Waals surface area contributed by atoms with Crippen LogP contribution in [0, 0.1) is 6.92 Å². The molecular formula is C18H22N6O. The quantitative estimate of drug-likeness (QED) is 0.791. The Kier molecular flexibility index (Phi) is 3.80. The van der Waals surface area contributed by atoms with Crippen molar-refractivity contribution in [3.05, 3.63) is 35.2 Å². The zero-order chi connectivity index (χ0) is 17.6. The molecule has 0 saturated carbocycles. The molecule has 0 unspecified atom stereocenters. The maximum Gasteiger partial charge on any atom is 0.229 e. The third-order valence-electron chi connectivity index (χ3n) is 4.74. The molecule has 0 saturated heterocycles. The summed E-state index contributed by atoms with van der Waals surface area (Å²) in [6.45, 7) is 3.97. The van der Waals surface area contributed by atoms with Gasteiger partial charge in [0.15, 0.2) is 5.65 Å². The SMILES string of the molecule is COc1cc2c(cc1Nc1ncc3c(C)nn(C)c3n1)CN(C)CC2. The van der Waals surface area contributed by atoms with Gasteiger partial charge < -0.3 is 15.0 Å². The number of rotatable bonds is 3. The number of likely N-dealkylation sites (N-methyl/N-ethyl adjacent to an activating group) is 1. The van der Waals surface area contributed by atoms with Crippen LogP contribution < -0.4 is 10.1 Å². The predicted octanol–water partition coefficient (Wildman–Crippen LogP) is 2.41. The average Bonchev–Trinajstić information content (AvgIpc) is 2.88. The lowest BCUT2D eigenvalue weighted by atomic mass is 9.99. The van der Waals surface area contributed by atoms with Gasteiger partial charge in [-0.2, -0.15) is 10.1 Å². The lowest BCUT2D eigenvalue weighted by Gasteiger charge is -2.26. The molecule has 3 aromatic rings. The summed E-state index contributed by atoms with van der Waals surface area (Å²) in [6.07, 6.45) is 2.85. The molecule has 0 bridgehead atoms. The lowest BCUT2D eigenvalue weighted by molar-refractivity contribution is 0.312. The Balaban J connectivity index is 1.72. The minimum Gasteiger partial charge on any atom is -0.495 e. The van der Waals surface area contributed by atoms with Crippen LogP contribution in [0.2, 0.25) is 0 Å². The lowest BCUT2D eigenvalue weighted by Crippen LogP contribution is -2.26. The van der Waals surface area contributed by atoms with Crippen molar-refractivity contribution >= 4 is 22.7 Å². The third-order valence-corrected chi connectivity index (χ3v) is 4.74. The Labute approximate surface area is 146 Å². The number of nitrogens with one attached hydrogen (secondary N) is 1. The van der Waals surface area contributed by atoms with Crippen molar-refractivity contribution in [2.24, 2.45) is 7.05 Å². The zero-order valence-electron chi connectivity index (χ0n) is 15.0. The van der Waals surface area contributed by atoms with Crippen LogP contribution in [0.1, 0.15) is 16.8 Å². The van der Waals surface area contributed by atoms with Crippen LogP contribution in [-0.4, -0.2) is 45.4 Å². The summed E-state index contributed by atoms with van der Waals surface area (Å²) in [6, 6.07) is 4.27. The van der Waals surface area contributed by atoms with Crippen LogP contribution in [0.4, 0.5) is 11.6 Å². The molecule has 130 valence electrons. The molecule has 0 fully saturated rings. The van der Waals surface area contributed by atoms with Gasteiger partial charge in [-0.1, -0.05) is 0 Å². The summed E-state index contributed by atoms with van der Waals surface area (Å²) >= 11 is 0. The van der Waals surface area contributed by atoms with Gasteiger partial charge in [0.2, 0.25) is 5.95 Å². The van der Waals surface area contributed by atoms with Crippen molar-refractivity contribution in [3.63, 3.8) is 0 Å². The highest BCUT2D eigenvalue weighted by Crippen LogP contribution is 2.33. The number of aromatic nitrogens is 4. The number of methoxy groups -OCH3 is 1. The molecular weight excluding hydrogens is 316 g/mol. The number of fused-ring (bicyclic) bond motifs is 2. The van der Waals surface area contributed by atoms with Crippen molar-refractivity contribution in [2.45, 2.75) is 19.9 Å². The van der Waals surface area contributed by atoms with Gasteiger partial charge >= 0.3 is 0 Å². The first-order chi connectivity index (χ1) is 12.0. The van der Waals surface area contributed by atoms with Crippen molar-refractivity contribution < 1.29 is 4.74 Å². The molecule has 3 heterocycles. The molecule has 1 N–H and O–H groups in total.